The summed E-state index contributed by atoms with van der Waals surface area (Å²) in [4.78, 5) is 13.8. The lowest BCUT2D eigenvalue weighted by molar-refractivity contribution is -0.170. The van der Waals surface area contributed by atoms with E-state index < -0.39 is 6.04 Å². The number of methoxy groups -OCH3 is 1. The van der Waals surface area contributed by atoms with Crippen LogP contribution in [0, 0.1) is 5.41 Å². The highest BCUT2D eigenvalue weighted by Gasteiger charge is 2.55. The van der Waals surface area contributed by atoms with Crippen LogP contribution in [0.25, 0.3) is 0 Å². The summed E-state index contributed by atoms with van der Waals surface area (Å²) in [6.45, 7) is 6.09. The molecule has 1 saturated carbocycles. The van der Waals surface area contributed by atoms with Gasteiger partial charge in [-0.1, -0.05) is 13.8 Å². The Hall–Kier alpha value is -0.320. The second kappa shape index (κ2) is 6.73. The number of likely N-dealkylation sites (N-methyl/N-ethyl adjacent to an activating group) is 1. The van der Waals surface area contributed by atoms with Crippen molar-refractivity contribution in [1.82, 2.24) is 4.90 Å². The van der Waals surface area contributed by atoms with Gasteiger partial charge in [-0.2, -0.15) is 0 Å². The van der Waals surface area contributed by atoms with Gasteiger partial charge in [-0.25, -0.2) is 0 Å². The lowest BCUT2D eigenvalue weighted by Crippen LogP contribution is -2.65. The van der Waals surface area contributed by atoms with Gasteiger partial charge >= 0.3 is 0 Å². The third-order valence-electron chi connectivity index (χ3n) is 4.55. The van der Waals surface area contributed by atoms with E-state index in [1.807, 2.05) is 11.9 Å². The van der Waals surface area contributed by atoms with Crippen LogP contribution in [0.5, 0.6) is 0 Å². The molecule has 0 aromatic carbocycles. The Morgan fingerprint density at radius 2 is 2.00 bits per heavy atom. The van der Waals surface area contributed by atoms with Crippen molar-refractivity contribution < 1.29 is 9.53 Å². The lowest BCUT2D eigenvalue weighted by Gasteiger charge is -2.58. The Morgan fingerprint density at radius 1 is 1.50 bits per heavy atom. The van der Waals surface area contributed by atoms with Crippen LogP contribution in [0.15, 0.2) is 0 Å². The molecule has 0 aromatic rings. The summed E-state index contributed by atoms with van der Waals surface area (Å²) in [6, 6.07) is -0.158. The molecule has 1 rings (SSSR count). The van der Waals surface area contributed by atoms with Gasteiger partial charge in [0, 0.05) is 25.6 Å². The van der Waals surface area contributed by atoms with E-state index in [1.165, 1.54) is 0 Å². The summed E-state index contributed by atoms with van der Waals surface area (Å²) in [5.74, 6) is 0.0239. The Labute approximate surface area is 117 Å². The third kappa shape index (κ3) is 2.65. The second-order valence-electron chi connectivity index (χ2n) is 5.15. The number of ether oxygens (including phenoxy) is 1. The Morgan fingerprint density at radius 3 is 2.33 bits per heavy atom. The number of rotatable bonds is 5. The number of nitrogens with zero attached hydrogens (tertiary/aromatic N) is 1. The zero-order valence-corrected chi connectivity index (χ0v) is 12.9. The predicted molar refractivity (Wildman–Crippen MR) is 75.9 cm³/mol. The Balaban J connectivity index is 0.00000289. The molecule has 1 amide bonds. The van der Waals surface area contributed by atoms with Gasteiger partial charge in [0.25, 0.3) is 0 Å². The average molecular weight is 279 g/mol. The zero-order chi connectivity index (χ0) is 13.2. The van der Waals surface area contributed by atoms with Gasteiger partial charge in [0.2, 0.25) is 5.91 Å². The molecule has 0 aliphatic heterocycles. The van der Waals surface area contributed by atoms with E-state index in [2.05, 4.69) is 13.8 Å². The second-order valence-corrected chi connectivity index (χ2v) is 5.15. The van der Waals surface area contributed by atoms with Crippen LogP contribution in [0.3, 0.4) is 0 Å². The smallest absolute Gasteiger partial charge is 0.239 e. The fourth-order valence-electron chi connectivity index (χ4n) is 3.25. The number of halogens is 1. The van der Waals surface area contributed by atoms with E-state index in [1.54, 1.807) is 14.0 Å². The topological polar surface area (TPSA) is 55.6 Å². The minimum absolute atomic E-state index is 0. The molecule has 1 aliphatic rings. The van der Waals surface area contributed by atoms with Crippen LogP contribution in [0.4, 0.5) is 0 Å². The molecule has 4 nitrogen and oxygen atoms in total. The van der Waals surface area contributed by atoms with Gasteiger partial charge in [0.05, 0.1) is 12.1 Å². The van der Waals surface area contributed by atoms with Gasteiger partial charge in [-0.3, -0.25) is 4.79 Å². The van der Waals surface area contributed by atoms with Crippen molar-refractivity contribution in [1.29, 1.82) is 0 Å². The van der Waals surface area contributed by atoms with Gasteiger partial charge in [0.1, 0.15) is 0 Å². The maximum Gasteiger partial charge on any atom is 0.239 e. The molecular weight excluding hydrogens is 252 g/mol. The summed E-state index contributed by atoms with van der Waals surface area (Å²) in [5, 5.41) is 0. The first kappa shape index (κ1) is 17.7. The van der Waals surface area contributed by atoms with Crippen LogP contribution in [0.1, 0.15) is 40.0 Å². The molecule has 1 fully saturated rings. The molecule has 2 unspecified atom stereocenters. The first-order valence-electron chi connectivity index (χ1n) is 6.49. The standard InChI is InChI=1S/C13H26N2O2.ClH/c1-6-13(7-2)10(8-11(13)17-5)15(4)12(16)9(3)14;/h9-11H,6-8,14H2,1-5H3;1H/t9-,10?,11?;/m1./s1. The molecule has 1 aliphatic carbocycles. The van der Waals surface area contributed by atoms with Crippen LogP contribution < -0.4 is 5.73 Å². The molecule has 0 aromatic heterocycles. The van der Waals surface area contributed by atoms with Gasteiger partial charge < -0.3 is 15.4 Å². The normalized spacial score (nSPS) is 26.8. The maximum absolute atomic E-state index is 12.0. The fraction of sp³-hybridized carbons (Fsp3) is 0.923. The summed E-state index contributed by atoms with van der Waals surface area (Å²) in [5.41, 5.74) is 5.77. The highest BCUT2D eigenvalue weighted by molar-refractivity contribution is 5.85. The summed E-state index contributed by atoms with van der Waals surface area (Å²) >= 11 is 0. The SMILES string of the molecule is CCC1(CC)C(OC)CC1N(C)C(=O)[C@@H](C)N.Cl. The monoisotopic (exact) mass is 278 g/mol. The van der Waals surface area contributed by atoms with Crippen molar-refractivity contribution in [3.8, 4) is 0 Å². The number of hydrogen-bond acceptors (Lipinski definition) is 3. The number of carbonyl (C=O) groups excluding carboxylic acids is 1. The van der Waals surface area contributed by atoms with E-state index in [0.29, 0.717) is 0 Å². The third-order valence-corrected chi connectivity index (χ3v) is 4.55. The number of hydrogen-bond donors (Lipinski definition) is 1. The van der Waals surface area contributed by atoms with Crippen molar-refractivity contribution in [2.45, 2.75) is 58.2 Å². The van der Waals surface area contributed by atoms with Crippen molar-refractivity contribution in [3.05, 3.63) is 0 Å². The number of carbonyl (C=O) groups is 1. The average Bonchev–Trinajstić information content (AvgIpc) is 2.29. The van der Waals surface area contributed by atoms with E-state index in [9.17, 15) is 4.79 Å². The van der Waals surface area contributed by atoms with Crippen LogP contribution in [-0.2, 0) is 9.53 Å². The van der Waals surface area contributed by atoms with E-state index in [0.717, 1.165) is 19.3 Å². The quantitative estimate of drug-likeness (QED) is 0.834. The van der Waals surface area contributed by atoms with Crippen molar-refractivity contribution in [2.75, 3.05) is 14.2 Å². The molecule has 18 heavy (non-hydrogen) atoms. The van der Waals surface area contributed by atoms with Crippen LogP contribution in [0.2, 0.25) is 0 Å². The van der Waals surface area contributed by atoms with Gasteiger partial charge in [0.15, 0.2) is 0 Å². The lowest BCUT2D eigenvalue weighted by atomic mass is 9.58. The molecule has 0 bridgehead atoms. The molecule has 3 atom stereocenters. The Bertz CT molecular complexity index is 280. The van der Waals surface area contributed by atoms with Crippen molar-refractivity contribution >= 4 is 18.3 Å². The zero-order valence-electron chi connectivity index (χ0n) is 12.1. The van der Waals surface area contributed by atoms with Gasteiger partial charge in [-0.15, -0.1) is 12.4 Å². The summed E-state index contributed by atoms with van der Waals surface area (Å²) in [7, 11) is 3.62. The van der Waals surface area contributed by atoms with Crippen molar-refractivity contribution in [3.63, 3.8) is 0 Å². The van der Waals surface area contributed by atoms with Gasteiger partial charge in [-0.05, 0) is 26.2 Å². The molecule has 2 N–H and O–H groups in total. The first-order chi connectivity index (χ1) is 7.94. The minimum Gasteiger partial charge on any atom is -0.381 e. The predicted octanol–water partition coefficient (Wildman–Crippen LogP) is 1.81. The molecule has 108 valence electrons. The molecule has 0 heterocycles. The highest BCUT2D eigenvalue weighted by Crippen LogP contribution is 2.50. The molecule has 0 saturated heterocycles. The summed E-state index contributed by atoms with van der Waals surface area (Å²) < 4.78 is 5.54. The maximum atomic E-state index is 12.0. The largest absolute Gasteiger partial charge is 0.381 e. The van der Waals surface area contributed by atoms with Crippen molar-refractivity contribution in [2.24, 2.45) is 11.1 Å². The van der Waals surface area contributed by atoms with E-state index in [4.69, 9.17) is 10.5 Å². The van der Waals surface area contributed by atoms with E-state index in [-0.39, 0.29) is 35.9 Å². The van der Waals surface area contributed by atoms with Crippen LogP contribution in [-0.4, -0.2) is 43.2 Å². The fourth-order valence-corrected chi connectivity index (χ4v) is 3.25. The minimum atomic E-state index is -0.423. The van der Waals surface area contributed by atoms with E-state index >= 15 is 0 Å². The number of nitrogens with two attached hydrogens (primary N) is 1. The molecular formula is C13H27ClN2O2. The summed E-state index contributed by atoms with van der Waals surface area (Å²) in [6.07, 6.45) is 3.26. The molecule has 5 heteroatoms. The van der Waals surface area contributed by atoms with Crippen LogP contribution >= 0.6 is 12.4 Å². The highest BCUT2D eigenvalue weighted by atomic mass is 35.5. The first-order valence-corrected chi connectivity index (χ1v) is 6.49. The number of amides is 1. The Kier molecular flexibility index (Phi) is 6.61. The molecule has 0 spiro atoms. The molecule has 0 radical (unpaired) electrons.